The normalized spacial score (nSPS) is 11.6. The summed E-state index contributed by atoms with van der Waals surface area (Å²) >= 11 is 0. The first kappa shape index (κ1) is 16.4. The Bertz CT molecular complexity index is 567. The first-order valence-electron chi connectivity index (χ1n) is 6.06. The van der Waals surface area contributed by atoms with Crippen LogP contribution in [0.1, 0.15) is 20.3 Å². The van der Waals surface area contributed by atoms with Crippen molar-refractivity contribution in [1.29, 1.82) is 0 Å². The Balaban J connectivity index is 2.64. The van der Waals surface area contributed by atoms with Gasteiger partial charge in [-0.25, -0.2) is 17.5 Å². The molecule has 20 heavy (non-hydrogen) atoms. The number of nitrogens with one attached hydrogen (secondary N) is 2. The minimum Gasteiger partial charge on any atom is -0.399 e. The van der Waals surface area contributed by atoms with E-state index >= 15 is 0 Å². The molecule has 0 radical (unpaired) electrons. The fraction of sp³-hybridized carbons (Fsp3) is 0.417. The molecule has 1 aromatic rings. The van der Waals surface area contributed by atoms with Gasteiger partial charge in [-0.3, -0.25) is 4.79 Å². The van der Waals surface area contributed by atoms with E-state index in [2.05, 4.69) is 10.0 Å². The molecule has 0 fully saturated rings. The molecule has 0 unspecified atom stereocenters. The van der Waals surface area contributed by atoms with E-state index in [0.717, 1.165) is 18.2 Å². The molecule has 6 nitrogen and oxygen atoms in total. The summed E-state index contributed by atoms with van der Waals surface area (Å²) in [6, 6.07) is 3.03. The van der Waals surface area contributed by atoms with Crippen LogP contribution in [0.4, 0.5) is 10.1 Å². The zero-order valence-electron chi connectivity index (χ0n) is 11.3. The second-order valence-electron chi connectivity index (χ2n) is 4.59. The zero-order chi connectivity index (χ0) is 15.3. The molecule has 0 heterocycles. The lowest BCUT2D eigenvalue weighted by Crippen LogP contribution is -2.34. The first-order chi connectivity index (χ1) is 9.20. The van der Waals surface area contributed by atoms with Crippen molar-refractivity contribution in [3.05, 3.63) is 24.0 Å². The Morgan fingerprint density at radius 1 is 1.35 bits per heavy atom. The Morgan fingerprint density at radius 3 is 2.55 bits per heavy atom. The van der Waals surface area contributed by atoms with Gasteiger partial charge in [0, 0.05) is 24.7 Å². The van der Waals surface area contributed by atoms with E-state index in [9.17, 15) is 17.6 Å². The molecule has 0 bridgehead atoms. The number of halogens is 1. The van der Waals surface area contributed by atoms with Gasteiger partial charge in [-0.2, -0.15) is 0 Å². The highest BCUT2D eigenvalue weighted by Crippen LogP contribution is 2.15. The Morgan fingerprint density at radius 2 is 2.00 bits per heavy atom. The van der Waals surface area contributed by atoms with Crippen molar-refractivity contribution in [2.45, 2.75) is 31.2 Å². The van der Waals surface area contributed by atoms with Crippen LogP contribution in [0.3, 0.4) is 0 Å². The van der Waals surface area contributed by atoms with E-state index < -0.39 is 15.8 Å². The number of hydrogen-bond acceptors (Lipinski definition) is 4. The van der Waals surface area contributed by atoms with Crippen molar-refractivity contribution in [2.24, 2.45) is 0 Å². The summed E-state index contributed by atoms with van der Waals surface area (Å²) < 4.78 is 39.1. The maximum Gasteiger partial charge on any atom is 0.240 e. The second-order valence-corrected chi connectivity index (χ2v) is 6.36. The molecule has 112 valence electrons. The average molecular weight is 303 g/mol. The van der Waals surface area contributed by atoms with Gasteiger partial charge in [-0.15, -0.1) is 0 Å². The van der Waals surface area contributed by atoms with Crippen LogP contribution in [0.25, 0.3) is 0 Å². The van der Waals surface area contributed by atoms with Crippen molar-refractivity contribution in [3.63, 3.8) is 0 Å². The van der Waals surface area contributed by atoms with Crippen molar-refractivity contribution in [3.8, 4) is 0 Å². The predicted octanol–water partition coefficient (Wildman–Crippen LogP) is 0.601. The third kappa shape index (κ3) is 5.14. The lowest BCUT2D eigenvalue weighted by atomic mass is 10.3. The molecule has 0 atom stereocenters. The minimum absolute atomic E-state index is 0.00219. The number of sulfonamides is 1. The van der Waals surface area contributed by atoms with E-state index in [1.54, 1.807) is 13.8 Å². The van der Waals surface area contributed by atoms with E-state index in [-0.39, 0.29) is 35.5 Å². The molecule has 0 aliphatic carbocycles. The Labute approximate surface area is 117 Å². The van der Waals surface area contributed by atoms with Gasteiger partial charge in [0.1, 0.15) is 5.82 Å². The van der Waals surface area contributed by atoms with Crippen molar-refractivity contribution in [2.75, 3.05) is 12.3 Å². The number of carbonyl (C=O) groups is 1. The number of benzene rings is 1. The molecule has 0 aliphatic heterocycles. The quantitative estimate of drug-likeness (QED) is 0.670. The summed E-state index contributed by atoms with van der Waals surface area (Å²) in [6.07, 6.45) is 0.00219. The number of amides is 1. The lowest BCUT2D eigenvalue weighted by Gasteiger charge is -2.10. The molecule has 1 aromatic carbocycles. The molecular formula is C12H18FN3O3S. The van der Waals surface area contributed by atoms with Gasteiger partial charge in [-0.1, -0.05) is 0 Å². The highest BCUT2D eigenvalue weighted by Gasteiger charge is 2.16. The SMILES string of the molecule is CC(C)NC(=O)CCNS(=O)(=O)c1cc(N)cc(F)c1. The van der Waals surface area contributed by atoms with Crippen LogP contribution < -0.4 is 15.8 Å². The van der Waals surface area contributed by atoms with Crippen LogP contribution in [0.5, 0.6) is 0 Å². The molecule has 0 saturated heterocycles. The first-order valence-corrected chi connectivity index (χ1v) is 7.54. The number of nitrogens with two attached hydrogens (primary N) is 1. The van der Waals surface area contributed by atoms with Crippen LogP contribution >= 0.6 is 0 Å². The van der Waals surface area contributed by atoms with Gasteiger partial charge in [0.2, 0.25) is 15.9 Å². The Kier molecular flexibility index (Phi) is 5.46. The van der Waals surface area contributed by atoms with Crippen LogP contribution in [0.2, 0.25) is 0 Å². The van der Waals surface area contributed by atoms with E-state index in [1.165, 1.54) is 0 Å². The molecule has 0 saturated carbocycles. The molecule has 0 spiro atoms. The molecule has 0 aromatic heterocycles. The van der Waals surface area contributed by atoms with E-state index in [0.29, 0.717) is 0 Å². The maximum absolute atomic E-state index is 13.1. The summed E-state index contributed by atoms with van der Waals surface area (Å²) in [4.78, 5) is 11.1. The van der Waals surface area contributed by atoms with Gasteiger partial charge in [0.05, 0.1) is 4.90 Å². The monoisotopic (exact) mass is 303 g/mol. The number of hydrogen-bond donors (Lipinski definition) is 3. The van der Waals surface area contributed by atoms with Gasteiger partial charge >= 0.3 is 0 Å². The highest BCUT2D eigenvalue weighted by molar-refractivity contribution is 7.89. The largest absolute Gasteiger partial charge is 0.399 e. The molecule has 1 amide bonds. The van der Waals surface area contributed by atoms with Crippen LogP contribution in [0.15, 0.2) is 23.1 Å². The molecule has 4 N–H and O–H groups in total. The van der Waals surface area contributed by atoms with E-state index in [1.807, 2.05) is 0 Å². The third-order valence-corrected chi connectivity index (χ3v) is 3.74. The van der Waals surface area contributed by atoms with Gasteiger partial charge in [-0.05, 0) is 32.0 Å². The number of nitrogen functional groups attached to an aromatic ring is 1. The van der Waals surface area contributed by atoms with Crippen LogP contribution in [-0.4, -0.2) is 26.9 Å². The summed E-state index contributed by atoms with van der Waals surface area (Å²) in [6.45, 7) is 3.53. The molecular weight excluding hydrogens is 285 g/mol. The number of carbonyl (C=O) groups excluding carboxylic acids is 1. The van der Waals surface area contributed by atoms with E-state index in [4.69, 9.17) is 5.73 Å². The van der Waals surface area contributed by atoms with Gasteiger partial charge < -0.3 is 11.1 Å². The summed E-state index contributed by atoms with van der Waals surface area (Å²) in [5.41, 5.74) is 5.41. The zero-order valence-corrected chi connectivity index (χ0v) is 12.1. The standard InChI is InChI=1S/C12H18FN3O3S/c1-8(2)16-12(17)3-4-15-20(18,19)11-6-9(13)5-10(14)7-11/h5-8,15H,3-4,14H2,1-2H3,(H,16,17). The molecule has 1 rings (SSSR count). The van der Waals surface area contributed by atoms with Crippen LogP contribution in [-0.2, 0) is 14.8 Å². The minimum atomic E-state index is -3.88. The van der Waals surface area contributed by atoms with Crippen molar-refractivity contribution < 1.29 is 17.6 Å². The average Bonchev–Trinajstić information content (AvgIpc) is 2.26. The second kappa shape index (κ2) is 6.67. The Hall–Kier alpha value is -1.67. The summed E-state index contributed by atoms with van der Waals surface area (Å²) in [7, 11) is -3.88. The van der Waals surface area contributed by atoms with Crippen molar-refractivity contribution >= 4 is 21.6 Å². The highest BCUT2D eigenvalue weighted by atomic mass is 32.2. The van der Waals surface area contributed by atoms with Crippen molar-refractivity contribution in [1.82, 2.24) is 10.0 Å². The van der Waals surface area contributed by atoms with Gasteiger partial charge in [0.15, 0.2) is 0 Å². The number of rotatable bonds is 6. The smallest absolute Gasteiger partial charge is 0.240 e. The summed E-state index contributed by atoms with van der Waals surface area (Å²) in [5, 5.41) is 2.63. The van der Waals surface area contributed by atoms with Gasteiger partial charge in [0.25, 0.3) is 0 Å². The maximum atomic E-state index is 13.1. The number of anilines is 1. The molecule has 8 heteroatoms. The third-order valence-electron chi connectivity index (χ3n) is 2.30. The summed E-state index contributed by atoms with van der Waals surface area (Å²) in [5.74, 6) is -0.996. The fourth-order valence-corrected chi connectivity index (χ4v) is 2.61. The lowest BCUT2D eigenvalue weighted by molar-refractivity contribution is -0.121. The van der Waals surface area contributed by atoms with Crippen LogP contribution in [0, 0.1) is 5.82 Å². The topological polar surface area (TPSA) is 101 Å². The fourth-order valence-electron chi connectivity index (χ4n) is 1.52. The predicted molar refractivity (Wildman–Crippen MR) is 73.9 cm³/mol. The molecule has 0 aliphatic rings.